The van der Waals surface area contributed by atoms with Crippen LogP contribution in [-0.4, -0.2) is 17.1 Å². The molecule has 0 aromatic heterocycles. The van der Waals surface area contributed by atoms with Crippen molar-refractivity contribution in [3.8, 4) is 11.5 Å². The molecular formula is C15H14O2S. The predicted molar refractivity (Wildman–Crippen MR) is 76.5 cm³/mol. The van der Waals surface area contributed by atoms with Crippen molar-refractivity contribution in [2.75, 3.05) is 7.11 Å². The van der Waals surface area contributed by atoms with E-state index in [2.05, 4.69) is 0 Å². The second kappa shape index (κ2) is 5.65. The zero-order chi connectivity index (χ0) is 13.0. The van der Waals surface area contributed by atoms with Crippen molar-refractivity contribution in [3.05, 3.63) is 59.7 Å². The van der Waals surface area contributed by atoms with Gasteiger partial charge in [-0.05, 0) is 35.4 Å². The van der Waals surface area contributed by atoms with Crippen molar-refractivity contribution >= 4 is 17.1 Å². The van der Waals surface area contributed by atoms with E-state index in [1.54, 1.807) is 19.2 Å². The van der Waals surface area contributed by atoms with Gasteiger partial charge in [-0.3, -0.25) is 0 Å². The van der Waals surface area contributed by atoms with Gasteiger partial charge in [-0.25, -0.2) is 0 Å². The van der Waals surface area contributed by atoms with Gasteiger partial charge in [0.2, 0.25) is 0 Å². The molecule has 0 radical (unpaired) electrons. The molecule has 0 spiro atoms. The summed E-state index contributed by atoms with van der Waals surface area (Å²) >= 11 is 5.39. The van der Waals surface area contributed by atoms with Gasteiger partial charge in [-0.2, -0.15) is 0 Å². The quantitative estimate of drug-likeness (QED) is 0.673. The highest BCUT2D eigenvalue weighted by Gasteiger charge is 2.03. The number of hydrogen-bond donors (Lipinski definition) is 1. The number of thiocarbonyl (C=S) groups is 1. The standard InChI is InChI=1S/C15H14O2S/c1-17-14-8-2-11(3-9-14)10-15(18)12-4-6-13(16)7-5-12/h2-9,16H,10H2,1H3. The van der Waals surface area contributed by atoms with Gasteiger partial charge in [0.15, 0.2) is 0 Å². The molecule has 0 unspecified atom stereocenters. The smallest absolute Gasteiger partial charge is 0.118 e. The van der Waals surface area contributed by atoms with Crippen LogP contribution in [0.2, 0.25) is 0 Å². The largest absolute Gasteiger partial charge is 0.508 e. The van der Waals surface area contributed by atoms with Gasteiger partial charge < -0.3 is 9.84 Å². The Balaban J connectivity index is 2.08. The SMILES string of the molecule is COc1ccc(CC(=S)c2ccc(O)cc2)cc1. The van der Waals surface area contributed by atoms with Crippen LogP contribution in [0.25, 0.3) is 0 Å². The predicted octanol–water partition coefficient (Wildman–Crippen LogP) is 3.36. The number of phenolic OH excluding ortho intramolecular Hbond substituents is 1. The molecule has 3 heteroatoms. The Kier molecular flexibility index (Phi) is 3.95. The number of hydrogen-bond acceptors (Lipinski definition) is 3. The summed E-state index contributed by atoms with van der Waals surface area (Å²) in [5.74, 6) is 1.10. The lowest BCUT2D eigenvalue weighted by Crippen LogP contribution is -2.01. The number of phenols is 1. The molecule has 0 fully saturated rings. The number of rotatable bonds is 4. The summed E-state index contributed by atoms with van der Waals surface area (Å²) in [5, 5.41) is 9.23. The van der Waals surface area contributed by atoms with E-state index in [1.807, 2.05) is 36.4 Å². The Morgan fingerprint density at radius 2 is 1.67 bits per heavy atom. The van der Waals surface area contributed by atoms with Crippen LogP contribution < -0.4 is 4.74 Å². The molecule has 0 saturated heterocycles. The molecule has 2 aromatic rings. The van der Waals surface area contributed by atoms with Crippen LogP contribution in [0.1, 0.15) is 11.1 Å². The van der Waals surface area contributed by atoms with Gasteiger partial charge in [-0.1, -0.05) is 36.5 Å². The number of ether oxygens (including phenoxy) is 1. The molecule has 2 rings (SSSR count). The molecule has 0 aliphatic rings. The Labute approximate surface area is 112 Å². The van der Waals surface area contributed by atoms with Crippen LogP contribution >= 0.6 is 12.2 Å². The third-order valence-electron chi connectivity index (χ3n) is 2.71. The zero-order valence-corrected chi connectivity index (χ0v) is 10.9. The van der Waals surface area contributed by atoms with Crippen molar-refractivity contribution < 1.29 is 9.84 Å². The third-order valence-corrected chi connectivity index (χ3v) is 3.09. The molecule has 1 N–H and O–H groups in total. The number of methoxy groups -OCH3 is 1. The van der Waals surface area contributed by atoms with Gasteiger partial charge in [0.25, 0.3) is 0 Å². The molecule has 0 bridgehead atoms. The highest BCUT2D eigenvalue weighted by molar-refractivity contribution is 7.80. The summed E-state index contributed by atoms with van der Waals surface area (Å²) in [6.45, 7) is 0. The molecule has 0 saturated carbocycles. The van der Waals surface area contributed by atoms with Crippen LogP contribution in [0.15, 0.2) is 48.5 Å². The first-order chi connectivity index (χ1) is 8.69. The molecule has 0 atom stereocenters. The maximum Gasteiger partial charge on any atom is 0.118 e. The van der Waals surface area contributed by atoms with E-state index >= 15 is 0 Å². The fraction of sp³-hybridized carbons (Fsp3) is 0.133. The minimum atomic E-state index is 0.256. The maximum absolute atomic E-state index is 9.23. The summed E-state index contributed by atoms with van der Waals surface area (Å²) in [5.41, 5.74) is 2.12. The molecule has 2 nitrogen and oxygen atoms in total. The molecule has 92 valence electrons. The van der Waals surface area contributed by atoms with Gasteiger partial charge in [0.1, 0.15) is 11.5 Å². The average Bonchev–Trinajstić information content (AvgIpc) is 2.40. The maximum atomic E-state index is 9.23. The fourth-order valence-corrected chi connectivity index (χ4v) is 1.98. The van der Waals surface area contributed by atoms with Gasteiger partial charge in [0.05, 0.1) is 7.11 Å². The van der Waals surface area contributed by atoms with Crippen molar-refractivity contribution in [3.63, 3.8) is 0 Å². The summed E-state index contributed by atoms with van der Waals surface area (Å²) in [7, 11) is 1.65. The lowest BCUT2D eigenvalue weighted by molar-refractivity contribution is 0.414. The van der Waals surface area contributed by atoms with Crippen LogP contribution in [0.3, 0.4) is 0 Å². The highest BCUT2D eigenvalue weighted by atomic mass is 32.1. The van der Waals surface area contributed by atoms with Crippen LogP contribution in [0.4, 0.5) is 0 Å². The third kappa shape index (κ3) is 3.08. The summed E-state index contributed by atoms with van der Waals surface area (Å²) in [6.07, 6.45) is 0.712. The Hall–Kier alpha value is -1.87. The Bertz CT molecular complexity index is 529. The van der Waals surface area contributed by atoms with E-state index in [9.17, 15) is 5.11 Å². The first-order valence-electron chi connectivity index (χ1n) is 5.64. The Morgan fingerprint density at radius 3 is 2.22 bits per heavy atom. The second-order valence-electron chi connectivity index (χ2n) is 3.99. The molecule has 0 heterocycles. The van der Waals surface area contributed by atoms with E-state index in [4.69, 9.17) is 17.0 Å². The monoisotopic (exact) mass is 258 g/mol. The lowest BCUT2D eigenvalue weighted by Gasteiger charge is -2.06. The summed E-state index contributed by atoms with van der Waals surface area (Å²) < 4.78 is 5.11. The minimum absolute atomic E-state index is 0.256. The zero-order valence-electron chi connectivity index (χ0n) is 10.1. The van der Waals surface area contributed by atoms with Crippen molar-refractivity contribution in [1.29, 1.82) is 0 Å². The van der Waals surface area contributed by atoms with E-state index in [0.29, 0.717) is 6.42 Å². The molecular weight excluding hydrogens is 244 g/mol. The molecule has 0 aliphatic carbocycles. The fourth-order valence-electron chi connectivity index (χ4n) is 1.68. The number of aromatic hydroxyl groups is 1. The van der Waals surface area contributed by atoms with Gasteiger partial charge in [0, 0.05) is 11.3 Å². The van der Waals surface area contributed by atoms with Gasteiger partial charge in [-0.15, -0.1) is 0 Å². The molecule has 0 aliphatic heterocycles. The second-order valence-corrected chi connectivity index (χ2v) is 4.49. The summed E-state index contributed by atoms with van der Waals surface area (Å²) in [6, 6.07) is 14.8. The lowest BCUT2D eigenvalue weighted by atomic mass is 10.0. The van der Waals surface area contributed by atoms with Crippen molar-refractivity contribution in [2.24, 2.45) is 0 Å². The molecule has 2 aromatic carbocycles. The normalized spacial score (nSPS) is 10.1. The van der Waals surface area contributed by atoms with Crippen LogP contribution in [0.5, 0.6) is 11.5 Å². The first kappa shape index (κ1) is 12.6. The van der Waals surface area contributed by atoms with E-state index in [-0.39, 0.29) is 5.75 Å². The average molecular weight is 258 g/mol. The minimum Gasteiger partial charge on any atom is -0.508 e. The highest BCUT2D eigenvalue weighted by Crippen LogP contribution is 2.16. The summed E-state index contributed by atoms with van der Waals surface area (Å²) in [4.78, 5) is 0.861. The number of benzene rings is 2. The van der Waals surface area contributed by atoms with E-state index in [1.165, 1.54) is 0 Å². The van der Waals surface area contributed by atoms with Gasteiger partial charge >= 0.3 is 0 Å². The van der Waals surface area contributed by atoms with Crippen LogP contribution in [0, 0.1) is 0 Å². The topological polar surface area (TPSA) is 29.5 Å². The van der Waals surface area contributed by atoms with Crippen molar-refractivity contribution in [2.45, 2.75) is 6.42 Å². The van der Waals surface area contributed by atoms with E-state index < -0.39 is 0 Å². The van der Waals surface area contributed by atoms with E-state index in [0.717, 1.165) is 21.7 Å². The van der Waals surface area contributed by atoms with Crippen LogP contribution in [-0.2, 0) is 6.42 Å². The molecule has 18 heavy (non-hydrogen) atoms. The molecule has 0 amide bonds. The Morgan fingerprint density at radius 1 is 1.06 bits per heavy atom. The van der Waals surface area contributed by atoms with Crippen molar-refractivity contribution in [1.82, 2.24) is 0 Å². The first-order valence-corrected chi connectivity index (χ1v) is 6.05.